The van der Waals surface area contributed by atoms with Gasteiger partial charge in [-0.1, -0.05) is 13.3 Å². The van der Waals surface area contributed by atoms with Gasteiger partial charge in [0.05, 0.1) is 5.69 Å². The third-order valence-corrected chi connectivity index (χ3v) is 3.89. The van der Waals surface area contributed by atoms with Gasteiger partial charge in [-0.3, -0.25) is 0 Å². The molecule has 0 aliphatic carbocycles. The van der Waals surface area contributed by atoms with Gasteiger partial charge in [0.15, 0.2) is 0 Å². The number of anilines is 1. The fourth-order valence-electron chi connectivity index (χ4n) is 2.60. The average molecular weight is 279 g/mol. The lowest BCUT2D eigenvalue weighted by Gasteiger charge is -2.31. The zero-order chi connectivity index (χ0) is 14.7. The Morgan fingerprint density at radius 2 is 2.10 bits per heavy atom. The molecule has 1 aliphatic heterocycles. The zero-order valence-corrected chi connectivity index (χ0v) is 11.9. The summed E-state index contributed by atoms with van der Waals surface area (Å²) in [5, 5.41) is 11.8. The number of carbonyl (C=O) groups excluding carboxylic acids is 1. The molecule has 0 radical (unpaired) electrons. The number of aryl methyl sites for hydroxylation is 1. The Balaban J connectivity index is 2.00. The van der Waals surface area contributed by atoms with Gasteiger partial charge in [-0.15, -0.1) is 0 Å². The van der Waals surface area contributed by atoms with Gasteiger partial charge in [0.2, 0.25) is 0 Å². The third kappa shape index (κ3) is 3.12. The summed E-state index contributed by atoms with van der Waals surface area (Å²) < 4.78 is 0. The van der Waals surface area contributed by atoms with E-state index in [0.717, 1.165) is 32.4 Å². The quantitative estimate of drug-likeness (QED) is 0.795. The number of carbonyl (C=O) groups is 2. The first-order chi connectivity index (χ1) is 9.51. The van der Waals surface area contributed by atoms with E-state index in [4.69, 9.17) is 5.11 Å². The van der Waals surface area contributed by atoms with Gasteiger partial charge in [0.1, 0.15) is 5.69 Å². The van der Waals surface area contributed by atoms with Crippen LogP contribution in [0, 0.1) is 12.8 Å². The van der Waals surface area contributed by atoms with Crippen molar-refractivity contribution in [1.29, 1.82) is 0 Å². The standard InChI is InChI=1S/C14H21N3O3/c1-3-10-4-6-17(7-5-10)14(20)16-11-8-9(2)15-12(11)13(18)19/h8,10,15H,3-7H2,1-2H3,(H,16,20)(H,18,19). The van der Waals surface area contributed by atoms with Crippen LogP contribution >= 0.6 is 0 Å². The number of nitrogens with zero attached hydrogens (tertiary/aromatic N) is 1. The molecule has 1 aromatic rings. The monoisotopic (exact) mass is 279 g/mol. The van der Waals surface area contributed by atoms with Crippen LogP contribution in [0.5, 0.6) is 0 Å². The number of rotatable bonds is 3. The lowest BCUT2D eigenvalue weighted by atomic mass is 9.95. The van der Waals surface area contributed by atoms with Gasteiger partial charge in [-0.25, -0.2) is 9.59 Å². The molecule has 1 saturated heterocycles. The first kappa shape index (κ1) is 14.4. The van der Waals surface area contributed by atoms with Crippen LogP contribution in [-0.2, 0) is 0 Å². The first-order valence-electron chi connectivity index (χ1n) is 7.00. The van der Waals surface area contributed by atoms with Crippen LogP contribution in [0.2, 0.25) is 0 Å². The molecule has 1 aromatic heterocycles. The second-order valence-electron chi connectivity index (χ2n) is 5.32. The Kier molecular flexibility index (Phi) is 4.32. The fraction of sp³-hybridized carbons (Fsp3) is 0.571. The van der Waals surface area contributed by atoms with E-state index in [1.54, 1.807) is 17.9 Å². The van der Waals surface area contributed by atoms with Gasteiger partial charge < -0.3 is 20.3 Å². The number of carboxylic acids is 1. The number of urea groups is 1. The minimum absolute atomic E-state index is 0.0271. The summed E-state index contributed by atoms with van der Waals surface area (Å²) in [4.78, 5) is 27.7. The summed E-state index contributed by atoms with van der Waals surface area (Å²) >= 11 is 0. The number of piperidine rings is 1. The molecule has 0 bridgehead atoms. The largest absolute Gasteiger partial charge is 0.477 e. The molecule has 20 heavy (non-hydrogen) atoms. The summed E-state index contributed by atoms with van der Waals surface area (Å²) in [5.74, 6) is -0.374. The third-order valence-electron chi connectivity index (χ3n) is 3.89. The highest BCUT2D eigenvalue weighted by Gasteiger charge is 2.23. The van der Waals surface area contributed by atoms with Crippen molar-refractivity contribution in [2.75, 3.05) is 18.4 Å². The van der Waals surface area contributed by atoms with Crippen molar-refractivity contribution < 1.29 is 14.7 Å². The zero-order valence-electron chi connectivity index (χ0n) is 11.9. The lowest BCUT2D eigenvalue weighted by molar-refractivity contribution is 0.0692. The molecule has 1 fully saturated rings. The van der Waals surface area contributed by atoms with E-state index in [1.165, 1.54) is 0 Å². The average Bonchev–Trinajstić information content (AvgIpc) is 2.80. The van der Waals surface area contributed by atoms with Gasteiger partial charge >= 0.3 is 12.0 Å². The van der Waals surface area contributed by atoms with Crippen LogP contribution in [0.1, 0.15) is 42.4 Å². The van der Waals surface area contributed by atoms with Crippen LogP contribution in [-0.4, -0.2) is 40.1 Å². The molecule has 0 spiro atoms. The van der Waals surface area contributed by atoms with Gasteiger partial charge in [-0.2, -0.15) is 0 Å². The van der Waals surface area contributed by atoms with Crippen molar-refractivity contribution >= 4 is 17.7 Å². The number of carboxylic acid groups (broad SMARTS) is 1. The van der Waals surface area contributed by atoms with E-state index < -0.39 is 5.97 Å². The summed E-state index contributed by atoms with van der Waals surface area (Å²) in [6.07, 6.45) is 3.18. The van der Waals surface area contributed by atoms with E-state index in [1.807, 2.05) is 0 Å². The molecule has 0 unspecified atom stereocenters. The SMILES string of the molecule is CCC1CCN(C(=O)Nc2cc(C)[nH]c2C(=O)O)CC1. The highest BCUT2D eigenvalue weighted by molar-refractivity contribution is 5.99. The molecule has 110 valence electrons. The van der Waals surface area contributed by atoms with Crippen LogP contribution in [0.25, 0.3) is 0 Å². The number of amides is 2. The van der Waals surface area contributed by atoms with Crippen LogP contribution in [0.15, 0.2) is 6.07 Å². The van der Waals surface area contributed by atoms with Gasteiger partial charge in [0.25, 0.3) is 0 Å². The number of aromatic carboxylic acids is 1. The molecule has 2 amide bonds. The highest BCUT2D eigenvalue weighted by atomic mass is 16.4. The predicted octanol–water partition coefficient (Wildman–Crippen LogP) is 2.68. The second kappa shape index (κ2) is 5.98. The van der Waals surface area contributed by atoms with E-state index >= 15 is 0 Å². The van der Waals surface area contributed by atoms with Crippen LogP contribution in [0.4, 0.5) is 10.5 Å². The van der Waals surface area contributed by atoms with Crippen molar-refractivity contribution in [2.45, 2.75) is 33.1 Å². The number of nitrogens with one attached hydrogen (secondary N) is 2. The minimum atomic E-state index is -1.07. The minimum Gasteiger partial charge on any atom is -0.477 e. The molecule has 2 rings (SSSR count). The molecule has 3 N–H and O–H groups in total. The summed E-state index contributed by atoms with van der Waals surface area (Å²) in [6, 6.07) is 1.42. The molecule has 0 saturated carbocycles. The van der Waals surface area contributed by atoms with Crippen LogP contribution in [0.3, 0.4) is 0 Å². The highest BCUT2D eigenvalue weighted by Crippen LogP contribution is 2.22. The van der Waals surface area contributed by atoms with E-state index in [2.05, 4.69) is 17.2 Å². The van der Waals surface area contributed by atoms with Crippen molar-refractivity contribution in [1.82, 2.24) is 9.88 Å². The first-order valence-corrected chi connectivity index (χ1v) is 7.00. The number of H-pyrrole nitrogens is 1. The molecular formula is C14H21N3O3. The summed E-state index contributed by atoms with van der Waals surface area (Å²) in [6.45, 7) is 5.39. The maximum absolute atomic E-state index is 12.2. The normalized spacial score (nSPS) is 16.2. The second-order valence-corrected chi connectivity index (χ2v) is 5.32. The molecule has 6 heteroatoms. The number of aromatic amines is 1. The smallest absolute Gasteiger partial charge is 0.354 e. The van der Waals surface area contributed by atoms with Gasteiger partial charge in [-0.05, 0) is 31.7 Å². The topological polar surface area (TPSA) is 85.4 Å². The Morgan fingerprint density at radius 3 is 2.65 bits per heavy atom. The maximum Gasteiger partial charge on any atom is 0.354 e. The van der Waals surface area contributed by atoms with E-state index in [9.17, 15) is 9.59 Å². The van der Waals surface area contributed by atoms with Crippen molar-refractivity contribution in [3.8, 4) is 0 Å². The van der Waals surface area contributed by atoms with E-state index in [0.29, 0.717) is 17.3 Å². The molecule has 0 aromatic carbocycles. The Labute approximate surface area is 118 Å². The van der Waals surface area contributed by atoms with Gasteiger partial charge in [0, 0.05) is 18.8 Å². The van der Waals surface area contributed by atoms with E-state index in [-0.39, 0.29) is 11.7 Å². The van der Waals surface area contributed by atoms with Crippen molar-refractivity contribution in [3.05, 3.63) is 17.5 Å². The predicted molar refractivity (Wildman–Crippen MR) is 76.1 cm³/mol. The molecular weight excluding hydrogens is 258 g/mol. The molecule has 6 nitrogen and oxygen atoms in total. The number of hydrogen-bond donors (Lipinski definition) is 3. The Morgan fingerprint density at radius 1 is 1.45 bits per heavy atom. The summed E-state index contributed by atoms with van der Waals surface area (Å²) in [7, 11) is 0. The number of hydrogen-bond acceptors (Lipinski definition) is 2. The fourth-order valence-corrected chi connectivity index (χ4v) is 2.60. The Bertz CT molecular complexity index is 502. The molecule has 1 aliphatic rings. The number of aromatic nitrogens is 1. The molecule has 2 heterocycles. The summed E-state index contributed by atoms with van der Waals surface area (Å²) in [5.41, 5.74) is 1.07. The van der Waals surface area contributed by atoms with Crippen molar-refractivity contribution in [3.63, 3.8) is 0 Å². The van der Waals surface area contributed by atoms with Crippen molar-refractivity contribution in [2.24, 2.45) is 5.92 Å². The lowest BCUT2D eigenvalue weighted by Crippen LogP contribution is -2.41. The Hall–Kier alpha value is -1.98. The number of likely N-dealkylation sites (tertiary alicyclic amines) is 1. The molecule has 0 atom stereocenters. The maximum atomic E-state index is 12.2. The van der Waals surface area contributed by atoms with Crippen LogP contribution < -0.4 is 5.32 Å².